The Kier molecular flexibility index (Phi) is 4.49. The summed E-state index contributed by atoms with van der Waals surface area (Å²) in [5.41, 5.74) is -0.566. The van der Waals surface area contributed by atoms with Crippen LogP contribution in [0.4, 0.5) is 0 Å². The second-order valence-corrected chi connectivity index (χ2v) is 4.41. The Morgan fingerprint density at radius 3 is 2.67 bits per heavy atom. The molecular formula is C12H17NO5. The number of carboxylic acid groups (broad SMARTS) is 1. The van der Waals surface area contributed by atoms with Gasteiger partial charge in [-0.2, -0.15) is 0 Å². The molecule has 0 aromatic carbocycles. The maximum atomic E-state index is 12.0. The summed E-state index contributed by atoms with van der Waals surface area (Å²) in [5, 5.41) is 11.5. The lowest BCUT2D eigenvalue weighted by Gasteiger charge is -2.28. The van der Waals surface area contributed by atoms with Gasteiger partial charge in [-0.05, 0) is 19.9 Å². The SMILES string of the molecule is COCC(C)(CC(=O)O)NC(=O)c1ccoc1C. The summed E-state index contributed by atoms with van der Waals surface area (Å²) in [7, 11) is 1.45. The van der Waals surface area contributed by atoms with Crippen molar-refractivity contribution < 1.29 is 23.8 Å². The molecule has 0 aliphatic heterocycles. The molecule has 6 nitrogen and oxygen atoms in total. The molecule has 1 rings (SSSR count). The number of aliphatic carboxylic acids is 1. The Bertz CT molecular complexity index is 439. The van der Waals surface area contributed by atoms with E-state index in [0.29, 0.717) is 11.3 Å². The molecule has 1 aromatic rings. The molecule has 0 saturated carbocycles. The average Bonchev–Trinajstić information content (AvgIpc) is 2.62. The maximum Gasteiger partial charge on any atom is 0.305 e. The number of carboxylic acids is 1. The van der Waals surface area contributed by atoms with E-state index in [0.717, 1.165) is 0 Å². The zero-order valence-electron chi connectivity index (χ0n) is 10.6. The van der Waals surface area contributed by atoms with Crippen LogP contribution >= 0.6 is 0 Å². The maximum absolute atomic E-state index is 12.0. The number of aryl methyl sites for hydroxylation is 1. The molecule has 6 heteroatoms. The van der Waals surface area contributed by atoms with E-state index in [1.807, 2.05) is 0 Å². The monoisotopic (exact) mass is 255 g/mol. The molecule has 0 aliphatic rings. The van der Waals surface area contributed by atoms with E-state index in [2.05, 4.69) is 5.32 Å². The van der Waals surface area contributed by atoms with Crippen LogP contribution in [0.25, 0.3) is 0 Å². The van der Waals surface area contributed by atoms with E-state index in [4.69, 9.17) is 14.3 Å². The first-order chi connectivity index (χ1) is 8.38. The van der Waals surface area contributed by atoms with Gasteiger partial charge in [0.1, 0.15) is 5.76 Å². The zero-order valence-corrected chi connectivity index (χ0v) is 10.6. The standard InChI is InChI=1S/C12H17NO5/c1-8-9(4-5-18-8)11(16)13-12(2,7-17-3)6-10(14)15/h4-5H,6-7H2,1-3H3,(H,13,16)(H,14,15). The number of nitrogens with one attached hydrogen (secondary N) is 1. The Hall–Kier alpha value is -1.82. The van der Waals surface area contributed by atoms with Gasteiger partial charge in [-0.3, -0.25) is 9.59 Å². The van der Waals surface area contributed by atoms with Crippen molar-refractivity contribution in [1.29, 1.82) is 0 Å². The zero-order chi connectivity index (χ0) is 13.8. The van der Waals surface area contributed by atoms with Crippen LogP contribution in [-0.2, 0) is 9.53 Å². The number of rotatable bonds is 6. The first-order valence-corrected chi connectivity index (χ1v) is 5.45. The third kappa shape index (κ3) is 3.59. The van der Waals surface area contributed by atoms with Gasteiger partial charge in [-0.15, -0.1) is 0 Å². The van der Waals surface area contributed by atoms with Gasteiger partial charge in [-0.25, -0.2) is 0 Å². The van der Waals surface area contributed by atoms with Crippen molar-refractivity contribution in [3.8, 4) is 0 Å². The van der Waals surface area contributed by atoms with Crippen LogP contribution in [0, 0.1) is 6.92 Å². The van der Waals surface area contributed by atoms with Crippen LogP contribution in [-0.4, -0.2) is 36.2 Å². The van der Waals surface area contributed by atoms with Crippen LogP contribution in [0.5, 0.6) is 0 Å². The Labute approximate surface area is 105 Å². The fourth-order valence-electron chi connectivity index (χ4n) is 1.75. The number of hydrogen-bond donors (Lipinski definition) is 2. The highest BCUT2D eigenvalue weighted by Gasteiger charge is 2.30. The summed E-state index contributed by atoms with van der Waals surface area (Å²) in [4.78, 5) is 22.8. The largest absolute Gasteiger partial charge is 0.481 e. The number of carbonyl (C=O) groups excluding carboxylic acids is 1. The van der Waals surface area contributed by atoms with Crippen molar-refractivity contribution in [2.45, 2.75) is 25.8 Å². The van der Waals surface area contributed by atoms with E-state index in [1.165, 1.54) is 13.4 Å². The first kappa shape index (κ1) is 14.2. The lowest BCUT2D eigenvalue weighted by molar-refractivity contribution is -0.139. The van der Waals surface area contributed by atoms with Gasteiger partial charge in [-0.1, -0.05) is 0 Å². The topological polar surface area (TPSA) is 88.8 Å². The number of ether oxygens (including phenoxy) is 1. The van der Waals surface area contributed by atoms with Crippen molar-refractivity contribution in [2.75, 3.05) is 13.7 Å². The molecule has 0 fully saturated rings. The van der Waals surface area contributed by atoms with Crippen molar-refractivity contribution in [1.82, 2.24) is 5.32 Å². The Morgan fingerprint density at radius 1 is 1.56 bits per heavy atom. The summed E-state index contributed by atoms with van der Waals surface area (Å²) < 4.78 is 9.99. The molecule has 0 saturated heterocycles. The number of methoxy groups -OCH3 is 1. The molecule has 1 unspecified atom stereocenters. The average molecular weight is 255 g/mol. The summed E-state index contributed by atoms with van der Waals surface area (Å²) in [6.07, 6.45) is 1.19. The highest BCUT2D eigenvalue weighted by Crippen LogP contribution is 2.14. The van der Waals surface area contributed by atoms with E-state index >= 15 is 0 Å². The van der Waals surface area contributed by atoms with Crippen molar-refractivity contribution >= 4 is 11.9 Å². The molecule has 1 atom stereocenters. The highest BCUT2D eigenvalue weighted by atomic mass is 16.5. The molecule has 1 aromatic heterocycles. The van der Waals surface area contributed by atoms with Crippen molar-refractivity contribution in [3.63, 3.8) is 0 Å². The molecule has 0 radical (unpaired) electrons. The molecule has 0 spiro atoms. The Morgan fingerprint density at radius 2 is 2.22 bits per heavy atom. The van der Waals surface area contributed by atoms with Gasteiger partial charge < -0.3 is 19.6 Å². The fraction of sp³-hybridized carbons (Fsp3) is 0.500. The minimum absolute atomic E-state index is 0.113. The lowest BCUT2D eigenvalue weighted by Crippen LogP contribution is -2.50. The number of hydrogen-bond acceptors (Lipinski definition) is 4. The number of carbonyl (C=O) groups is 2. The van der Waals surface area contributed by atoms with Crippen LogP contribution < -0.4 is 5.32 Å². The van der Waals surface area contributed by atoms with Crippen LogP contribution in [0.3, 0.4) is 0 Å². The lowest BCUT2D eigenvalue weighted by atomic mass is 9.98. The minimum Gasteiger partial charge on any atom is -0.481 e. The predicted octanol–water partition coefficient (Wildman–Crippen LogP) is 1.20. The molecule has 0 aliphatic carbocycles. The van der Waals surface area contributed by atoms with E-state index in [9.17, 15) is 9.59 Å². The van der Waals surface area contributed by atoms with Crippen LogP contribution in [0.2, 0.25) is 0 Å². The van der Waals surface area contributed by atoms with Crippen molar-refractivity contribution in [2.24, 2.45) is 0 Å². The molecule has 100 valence electrons. The van der Waals surface area contributed by atoms with Gasteiger partial charge in [0, 0.05) is 7.11 Å². The van der Waals surface area contributed by atoms with Gasteiger partial charge in [0.2, 0.25) is 0 Å². The smallest absolute Gasteiger partial charge is 0.305 e. The fourth-order valence-corrected chi connectivity index (χ4v) is 1.75. The van der Waals surface area contributed by atoms with E-state index in [-0.39, 0.29) is 18.9 Å². The number of furan rings is 1. The molecule has 1 amide bonds. The van der Waals surface area contributed by atoms with Crippen LogP contribution in [0.1, 0.15) is 29.5 Å². The minimum atomic E-state index is -1.00. The third-order valence-corrected chi connectivity index (χ3v) is 2.52. The molecule has 18 heavy (non-hydrogen) atoms. The first-order valence-electron chi connectivity index (χ1n) is 5.45. The normalized spacial score (nSPS) is 13.9. The highest BCUT2D eigenvalue weighted by molar-refractivity contribution is 5.95. The van der Waals surface area contributed by atoms with Gasteiger partial charge in [0.15, 0.2) is 0 Å². The van der Waals surface area contributed by atoms with Gasteiger partial charge in [0.05, 0.1) is 30.4 Å². The molecule has 2 N–H and O–H groups in total. The number of amides is 1. The van der Waals surface area contributed by atoms with Gasteiger partial charge in [0.25, 0.3) is 5.91 Å². The molecule has 1 heterocycles. The second-order valence-electron chi connectivity index (χ2n) is 4.41. The summed E-state index contributed by atoms with van der Waals surface area (Å²) in [5.74, 6) is -0.886. The van der Waals surface area contributed by atoms with E-state index < -0.39 is 11.5 Å². The van der Waals surface area contributed by atoms with E-state index in [1.54, 1.807) is 19.9 Å². The molecule has 0 bridgehead atoms. The summed E-state index contributed by atoms with van der Waals surface area (Å²) in [6.45, 7) is 3.40. The molecular weight excluding hydrogens is 238 g/mol. The quantitative estimate of drug-likeness (QED) is 0.797. The Balaban J connectivity index is 2.81. The third-order valence-electron chi connectivity index (χ3n) is 2.52. The van der Waals surface area contributed by atoms with Crippen LogP contribution in [0.15, 0.2) is 16.7 Å². The summed E-state index contributed by atoms with van der Waals surface area (Å²) >= 11 is 0. The summed E-state index contributed by atoms with van der Waals surface area (Å²) in [6, 6.07) is 1.54. The predicted molar refractivity (Wildman–Crippen MR) is 63.4 cm³/mol. The second kappa shape index (κ2) is 5.68. The van der Waals surface area contributed by atoms with Crippen molar-refractivity contribution in [3.05, 3.63) is 23.7 Å². The van der Waals surface area contributed by atoms with Gasteiger partial charge >= 0.3 is 5.97 Å².